The summed E-state index contributed by atoms with van der Waals surface area (Å²) in [5, 5.41) is 2.69. The lowest BCUT2D eigenvalue weighted by Crippen LogP contribution is -2.40. The second-order valence-electron chi connectivity index (χ2n) is 7.27. The van der Waals surface area contributed by atoms with Crippen molar-refractivity contribution in [3.8, 4) is 5.75 Å². The highest BCUT2D eigenvalue weighted by Crippen LogP contribution is 2.28. The van der Waals surface area contributed by atoms with E-state index in [1.807, 2.05) is 45.9 Å². The van der Waals surface area contributed by atoms with E-state index >= 15 is 0 Å². The van der Waals surface area contributed by atoms with Gasteiger partial charge in [-0.3, -0.25) is 9.69 Å². The number of carbonyl (C=O) groups excluding carboxylic acids is 2. The molecule has 0 unspecified atom stereocenters. The number of ether oxygens (including phenoxy) is 1. The van der Waals surface area contributed by atoms with E-state index in [4.69, 9.17) is 4.74 Å². The third kappa shape index (κ3) is 3.40. The van der Waals surface area contributed by atoms with Crippen molar-refractivity contribution in [3.05, 3.63) is 29.3 Å². The van der Waals surface area contributed by atoms with Gasteiger partial charge in [0.1, 0.15) is 16.9 Å². The van der Waals surface area contributed by atoms with E-state index in [0.717, 1.165) is 11.1 Å². The number of carbonyl (C=O) groups is 2. The topological polar surface area (TPSA) is 58.6 Å². The molecule has 0 radical (unpaired) electrons. The second-order valence-corrected chi connectivity index (χ2v) is 7.27. The molecule has 1 aliphatic rings. The maximum absolute atomic E-state index is 12.3. The molecule has 1 saturated heterocycles. The second kappa shape index (κ2) is 5.30. The Bertz CT molecular complexity index is 615. The van der Waals surface area contributed by atoms with Crippen molar-refractivity contribution in [2.45, 2.75) is 59.2 Å². The van der Waals surface area contributed by atoms with Gasteiger partial charge in [0.15, 0.2) is 0 Å². The van der Waals surface area contributed by atoms with Gasteiger partial charge in [0, 0.05) is 5.56 Å². The van der Waals surface area contributed by atoms with E-state index in [2.05, 4.69) is 5.32 Å². The summed E-state index contributed by atoms with van der Waals surface area (Å²) in [6.07, 6.45) is 0. The number of rotatable bonds is 3. The predicted molar refractivity (Wildman–Crippen MR) is 84.7 cm³/mol. The third-order valence-electron chi connectivity index (χ3n) is 3.41. The van der Waals surface area contributed by atoms with Crippen LogP contribution in [0.5, 0.6) is 5.75 Å². The average molecular weight is 304 g/mol. The first-order valence-electron chi connectivity index (χ1n) is 7.42. The molecule has 0 spiro atoms. The van der Waals surface area contributed by atoms with Crippen LogP contribution in [0.15, 0.2) is 18.2 Å². The van der Waals surface area contributed by atoms with Crippen molar-refractivity contribution in [1.29, 1.82) is 0 Å². The Kier molecular flexibility index (Phi) is 3.94. The first-order chi connectivity index (χ1) is 9.99. The Hall–Kier alpha value is -2.04. The van der Waals surface area contributed by atoms with Crippen LogP contribution in [0.3, 0.4) is 0 Å². The van der Waals surface area contributed by atoms with Gasteiger partial charge in [-0.15, -0.1) is 0 Å². The van der Waals surface area contributed by atoms with Crippen molar-refractivity contribution in [2.24, 2.45) is 0 Å². The van der Waals surface area contributed by atoms with Gasteiger partial charge in [0.2, 0.25) is 0 Å². The lowest BCUT2D eigenvalue weighted by molar-refractivity contribution is -0.130. The summed E-state index contributed by atoms with van der Waals surface area (Å²) in [7, 11) is 0. The average Bonchev–Trinajstić information content (AvgIpc) is 2.52. The van der Waals surface area contributed by atoms with Crippen molar-refractivity contribution in [3.63, 3.8) is 0 Å². The summed E-state index contributed by atoms with van der Waals surface area (Å²) in [6.45, 7) is 11.5. The SMILES string of the molecule is Cc1ccc(CN2C(=O)NC(C)(C)C2=O)c(OC(C)(C)C)c1. The summed E-state index contributed by atoms with van der Waals surface area (Å²) < 4.78 is 5.98. The fraction of sp³-hybridized carbons (Fsp3) is 0.529. The van der Waals surface area contributed by atoms with E-state index in [9.17, 15) is 9.59 Å². The number of nitrogens with zero attached hydrogens (tertiary/aromatic N) is 1. The van der Waals surface area contributed by atoms with Gasteiger partial charge in [0.05, 0.1) is 6.54 Å². The summed E-state index contributed by atoms with van der Waals surface area (Å²) >= 11 is 0. The Labute approximate surface area is 131 Å². The molecule has 120 valence electrons. The zero-order valence-corrected chi connectivity index (χ0v) is 14.1. The Morgan fingerprint density at radius 3 is 2.36 bits per heavy atom. The lowest BCUT2D eigenvalue weighted by Gasteiger charge is -2.25. The largest absolute Gasteiger partial charge is 0.488 e. The van der Waals surface area contributed by atoms with E-state index in [0.29, 0.717) is 5.75 Å². The molecule has 1 aliphatic heterocycles. The van der Waals surface area contributed by atoms with Crippen LogP contribution in [-0.4, -0.2) is 28.0 Å². The van der Waals surface area contributed by atoms with E-state index < -0.39 is 5.54 Å². The van der Waals surface area contributed by atoms with Gasteiger partial charge in [-0.2, -0.15) is 0 Å². The molecule has 1 aromatic carbocycles. The molecule has 0 saturated carbocycles. The molecule has 22 heavy (non-hydrogen) atoms. The normalized spacial score (nSPS) is 17.6. The van der Waals surface area contributed by atoms with E-state index in [1.54, 1.807) is 13.8 Å². The smallest absolute Gasteiger partial charge is 0.325 e. The zero-order valence-electron chi connectivity index (χ0n) is 14.1. The minimum absolute atomic E-state index is 0.208. The zero-order chi connectivity index (χ0) is 16.7. The van der Waals surface area contributed by atoms with E-state index in [-0.39, 0.29) is 24.1 Å². The maximum Gasteiger partial charge on any atom is 0.325 e. The number of nitrogens with one attached hydrogen (secondary N) is 1. The van der Waals surface area contributed by atoms with Gasteiger partial charge in [-0.25, -0.2) is 4.79 Å². The Morgan fingerprint density at radius 2 is 1.86 bits per heavy atom. The molecule has 1 heterocycles. The number of amides is 3. The first kappa shape index (κ1) is 16.3. The van der Waals surface area contributed by atoms with Gasteiger partial charge >= 0.3 is 6.03 Å². The molecule has 0 atom stereocenters. The quantitative estimate of drug-likeness (QED) is 0.873. The molecule has 0 aliphatic carbocycles. The number of imide groups is 1. The molecule has 2 rings (SSSR count). The van der Waals surface area contributed by atoms with Crippen LogP contribution in [0.25, 0.3) is 0 Å². The van der Waals surface area contributed by atoms with Crippen molar-refractivity contribution < 1.29 is 14.3 Å². The number of benzene rings is 1. The monoisotopic (exact) mass is 304 g/mol. The van der Waals surface area contributed by atoms with Crippen LogP contribution in [0, 0.1) is 6.92 Å². The van der Waals surface area contributed by atoms with Crippen LogP contribution in [-0.2, 0) is 11.3 Å². The molecule has 3 amide bonds. The summed E-state index contributed by atoms with van der Waals surface area (Å²) in [5.41, 5.74) is 0.689. The van der Waals surface area contributed by atoms with Gasteiger partial charge in [-0.1, -0.05) is 12.1 Å². The predicted octanol–water partition coefficient (Wildman–Crippen LogP) is 3.00. The number of hydrogen-bond acceptors (Lipinski definition) is 3. The van der Waals surface area contributed by atoms with Crippen molar-refractivity contribution in [1.82, 2.24) is 10.2 Å². The van der Waals surface area contributed by atoms with Crippen LogP contribution in [0.1, 0.15) is 45.7 Å². The highest BCUT2D eigenvalue weighted by Gasteiger charge is 2.44. The summed E-state index contributed by atoms with van der Waals surface area (Å²) in [6, 6.07) is 5.43. The highest BCUT2D eigenvalue weighted by atomic mass is 16.5. The van der Waals surface area contributed by atoms with Gasteiger partial charge in [0.25, 0.3) is 5.91 Å². The standard InChI is InChI=1S/C17H24N2O3/c1-11-7-8-12(13(9-11)22-16(2,3)4)10-19-14(20)17(5,6)18-15(19)21/h7-9H,10H2,1-6H3,(H,18,21). The molecule has 1 N–H and O–H groups in total. The van der Waals surface area contributed by atoms with E-state index in [1.165, 1.54) is 4.90 Å². The first-order valence-corrected chi connectivity index (χ1v) is 7.42. The molecule has 0 aromatic heterocycles. The summed E-state index contributed by atoms with van der Waals surface area (Å²) in [5.74, 6) is 0.484. The molecule has 5 nitrogen and oxygen atoms in total. The number of aryl methyl sites for hydroxylation is 1. The molecule has 5 heteroatoms. The molecule has 1 aromatic rings. The highest BCUT2D eigenvalue weighted by molar-refractivity contribution is 6.06. The fourth-order valence-corrected chi connectivity index (χ4v) is 2.35. The molecule has 0 bridgehead atoms. The Balaban J connectivity index is 2.30. The minimum Gasteiger partial charge on any atom is -0.488 e. The minimum atomic E-state index is -0.854. The lowest BCUT2D eigenvalue weighted by atomic mass is 10.1. The molecular weight excluding hydrogens is 280 g/mol. The van der Waals surface area contributed by atoms with Crippen LogP contribution >= 0.6 is 0 Å². The number of urea groups is 1. The van der Waals surface area contributed by atoms with Crippen molar-refractivity contribution in [2.75, 3.05) is 0 Å². The number of hydrogen-bond donors (Lipinski definition) is 1. The van der Waals surface area contributed by atoms with Crippen LogP contribution < -0.4 is 10.1 Å². The van der Waals surface area contributed by atoms with Gasteiger partial charge in [-0.05, 0) is 53.2 Å². The van der Waals surface area contributed by atoms with Gasteiger partial charge < -0.3 is 10.1 Å². The third-order valence-corrected chi connectivity index (χ3v) is 3.41. The van der Waals surface area contributed by atoms with Crippen LogP contribution in [0.2, 0.25) is 0 Å². The maximum atomic E-state index is 12.3. The molecular formula is C17H24N2O3. The molecule has 1 fully saturated rings. The Morgan fingerprint density at radius 1 is 1.23 bits per heavy atom. The van der Waals surface area contributed by atoms with Crippen molar-refractivity contribution >= 4 is 11.9 Å². The summed E-state index contributed by atoms with van der Waals surface area (Å²) in [4.78, 5) is 25.6. The fourth-order valence-electron chi connectivity index (χ4n) is 2.35. The van der Waals surface area contributed by atoms with Crippen LogP contribution in [0.4, 0.5) is 4.79 Å².